The van der Waals surface area contributed by atoms with E-state index in [1.54, 1.807) is 34.4 Å². The summed E-state index contributed by atoms with van der Waals surface area (Å²) >= 11 is 13.7. The van der Waals surface area contributed by atoms with Crippen LogP contribution in [0.2, 0.25) is 10.0 Å². The molecule has 0 unspecified atom stereocenters. The number of halogens is 3. The van der Waals surface area contributed by atoms with Crippen molar-refractivity contribution in [1.82, 2.24) is 9.80 Å². The van der Waals surface area contributed by atoms with Crippen molar-refractivity contribution in [3.63, 3.8) is 0 Å². The second-order valence-electron chi connectivity index (χ2n) is 7.64. The molecule has 3 rings (SSSR count). The van der Waals surface area contributed by atoms with Crippen molar-refractivity contribution in [3.05, 3.63) is 91.8 Å². The van der Waals surface area contributed by atoms with Crippen LogP contribution in [0, 0.1) is 5.82 Å². The van der Waals surface area contributed by atoms with Crippen molar-refractivity contribution < 1.29 is 14.0 Å². The van der Waals surface area contributed by atoms with Crippen LogP contribution in [0.1, 0.15) is 34.6 Å². The van der Waals surface area contributed by atoms with Crippen molar-refractivity contribution in [1.29, 1.82) is 0 Å². The molecule has 0 saturated heterocycles. The summed E-state index contributed by atoms with van der Waals surface area (Å²) in [6.07, 6.45) is 0. The van der Waals surface area contributed by atoms with Gasteiger partial charge in [0.25, 0.3) is 5.91 Å². The fraction of sp³-hybridized carbons (Fsp3) is 0.250. The predicted octanol–water partition coefficient (Wildman–Crippen LogP) is 6.27. The molecule has 1 heterocycles. The van der Waals surface area contributed by atoms with Crippen LogP contribution >= 0.6 is 34.5 Å². The minimum absolute atomic E-state index is 0.104. The number of hydrogen-bond acceptors (Lipinski definition) is 3. The van der Waals surface area contributed by atoms with E-state index in [1.165, 1.54) is 29.2 Å². The molecule has 0 atom stereocenters. The van der Waals surface area contributed by atoms with Crippen LogP contribution in [0.5, 0.6) is 0 Å². The number of amides is 2. The van der Waals surface area contributed by atoms with Crippen molar-refractivity contribution in [2.45, 2.75) is 33.0 Å². The normalized spacial score (nSPS) is 10.9. The highest BCUT2D eigenvalue weighted by molar-refractivity contribution is 7.09. The molecule has 0 radical (unpaired) electrons. The summed E-state index contributed by atoms with van der Waals surface area (Å²) in [7, 11) is 0. The molecule has 8 heteroatoms. The first-order valence-corrected chi connectivity index (χ1v) is 11.7. The van der Waals surface area contributed by atoms with Crippen LogP contribution in [0.3, 0.4) is 0 Å². The van der Waals surface area contributed by atoms with E-state index in [0.29, 0.717) is 28.7 Å². The lowest BCUT2D eigenvalue weighted by Crippen LogP contribution is -2.45. The monoisotopic (exact) mass is 492 g/mol. The third kappa shape index (κ3) is 6.55. The van der Waals surface area contributed by atoms with Crippen molar-refractivity contribution in [3.8, 4) is 0 Å². The number of carbonyl (C=O) groups is 2. The van der Waals surface area contributed by atoms with Crippen molar-refractivity contribution in [2.75, 3.05) is 6.54 Å². The first kappa shape index (κ1) is 24.2. The maximum Gasteiger partial charge on any atom is 0.254 e. The quantitative estimate of drug-likeness (QED) is 0.371. The summed E-state index contributed by atoms with van der Waals surface area (Å²) in [6, 6.07) is 14.3. The van der Waals surface area contributed by atoms with E-state index in [2.05, 4.69) is 0 Å². The molecule has 168 valence electrons. The standard InChI is InChI=1S/C24H23Cl2FN2O2S/c1-16(2)29(24(31)18-10-19(25)12-20(26)11-18)15-23(30)28(14-22-4-3-9-32-22)13-17-5-7-21(27)8-6-17/h3-12,16H,13-15H2,1-2H3. The SMILES string of the molecule is CC(C)N(CC(=O)N(Cc1ccc(F)cc1)Cc1cccs1)C(=O)c1cc(Cl)cc(Cl)c1. The van der Waals surface area contributed by atoms with Crippen LogP contribution in [-0.4, -0.2) is 34.2 Å². The molecule has 2 aromatic carbocycles. The lowest BCUT2D eigenvalue weighted by molar-refractivity contribution is -0.133. The molecule has 1 aromatic heterocycles. The van der Waals surface area contributed by atoms with E-state index in [0.717, 1.165) is 10.4 Å². The third-order valence-corrected chi connectivity index (χ3v) is 6.16. The summed E-state index contributed by atoms with van der Waals surface area (Å²) in [5.41, 5.74) is 1.13. The summed E-state index contributed by atoms with van der Waals surface area (Å²) in [5.74, 6) is -0.866. The highest BCUT2D eigenvalue weighted by atomic mass is 35.5. The van der Waals surface area contributed by atoms with E-state index in [-0.39, 0.29) is 30.2 Å². The molecule has 0 aliphatic carbocycles. The molecule has 2 amide bonds. The van der Waals surface area contributed by atoms with Gasteiger partial charge in [0, 0.05) is 33.1 Å². The van der Waals surface area contributed by atoms with Gasteiger partial charge in [0.2, 0.25) is 5.91 Å². The van der Waals surface area contributed by atoms with E-state index >= 15 is 0 Å². The Hall–Kier alpha value is -2.41. The minimum atomic E-state index is -0.332. The Bertz CT molecular complexity index is 1050. The molecule has 0 aliphatic heterocycles. The second kappa shape index (κ2) is 10.9. The first-order chi connectivity index (χ1) is 15.2. The smallest absolute Gasteiger partial charge is 0.254 e. The maximum atomic E-state index is 13.3. The summed E-state index contributed by atoms with van der Waals surface area (Å²) in [4.78, 5) is 30.7. The molecule has 0 N–H and O–H groups in total. The molecule has 0 spiro atoms. The Morgan fingerprint density at radius 1 is 1.00 bits per heavy atom. The third-order valence-electron chi connectivity index (χ3n) is 4.87. The number of benzene rings is 2. The lowest BCUT2D eigenvalue weighted by Gasteiger charge is -2.30. The molecule has 3 aromatic rings. The molecule has 0 bridgehead atoms. The zero-order chi connectivity index (χ0) is 23.3. The number of nitrogens with zero attached hydrogens (tertiary/aromatic N) is 2. The Morgan fingerprint density at radius 3 is 2.22 bits per heavy atom. The van der Waals surface area contributed by atoms with Gasteiger partial charge in [-0.2, -0.15) is 0 Å². The summed E-state index contributed by atoms with van der Waals surface area (Å²) < 4.78 is 13.3. The Morgan fingerprint density at radius 2 is 1.66 bits per heavy atom. The maximum absolute atomic E-state index is 13.3. The van der Waals surface area contributed by atoms with Gasteiger partial charge in [-0.25, -0.2) is 4.39 Å². The number of rotatable bonds is 8. The number of carbonyl (C=O) groups excluding carboxylic acids is 2. The predicted molar refractivity (Wildman–Crippen MR) is 128 cm³/mol. The van der Waals surface area contributed by atoms with E-state index in [4.69, 9.17) is 23.2 Å². The molecule has 32 heavy (non-hydrogen) atoms. The fourth-order valence-electron chi connectivity index (χ4n) is 3.21. The topological polar surface area (TPSA) is 40.6 Å². The average molecular weight is 493 g/mol. The van der Waals surface area contributed by atoms with Gasteiger partial charge < -0.3 is 9.80 Å². The fourth-order valence-corrected chi connectivity index (χ4v) is 4.46. The average Bonchev–Trinajstić information content (AvgIpc) is 3.24. The van der Waals surface area contributed by atoms with Crippen molar-refractivity contribution in [2.24, 2.45) is 0 Å². The van der Waals surface area contributed by atoms with Crippen LogP contribution in [0.25, 0.3) is 0 Å². The number of hydrogen-bond donors (Lipinski definition) is 0. The molecule has 0 saturated carbocycles. The number of thiophene rings is 1. The van der Waals surface area contributed by atoms with Gasteiger partial charge in [-0.05, 0) is 61.2 Å². The highest BCUT2D eigenvalue weighted by Crippen LogP contribution is 2.22. The van der Waals surface area contributed by atoms with Gasteiger partial charge in [-0.15, -0.1) is 11.3 Å². The molecule has 4 nitrogen and oxygen atoms in total. The van der Waals surface area contributed by atoms with Gasteiger partial charge in [0.05, 0.1) is 6.54 Å². The largest absolute Gasteiger partial charge is 0.332 e. The Labute approximate surface area is 201 Å². The second-order valence-corrected chi connectivity index (χ2v) is 9.55. The van der Waals surface area contributed by atoms with Gasteiger partial charge in [-0.1, -0.05) is 41.4 Å². The molecule has 0 aliphatic rings. The van der Waals surface area contributed by atoms with Crippen molar-refractivity contribution >= 4 is 46.4 Å². The zero-order valence-electron chi connectivity index (χ0n) is 17.7. The van der Waals surface area contributed by atoms with Crippen LogP contribution < -0.4 is 0 Å². The van der Waals surface area contributed by atoms with Gasteiger partial charge >= 0.3 is 0 Å². The first-order valence-electron chi connectivity index (χ1n) is 10.0. The van der Waals surface area contributed by atoms with Crippen LogP contribution in [-0.2, 0) is 17.9 Å². The van der Waals surface area contributed by atoms with Gasteiger partial charge in [-0.3, -0.25) is 9.59 Å². The Balaban J connectivity index is 1.82. The van der Waals surface area contributed by atoms with E-state index in [9.17, 15) is 14.0 Å². The van der Waals surface area contributed by atoms with Crippen LogP contribution in [0.15, 0.2) is 60.0 Å². The highest BCUT2D eigenvalue weighted by Gasteiger charge is 2.25. The van der Waals surface area contributed by atoms with Crippen LogP contribution in [0.4, 0.5) is 4.39 Å². The minimum Gasteiger partial charge on any atom is -0.332 e. The van der Waals surface area contributed by atoms with E-state index < -0.39 is 0 Å². The summed E-state index contributed by atoms with van der Waals surface area (Å²) in [5, 5.41) is 2.65. The Kier molecular flexibility index (Phi) is 8.29. The van der Waals surface area contributed by atoms with Gasteiger partial charge in [0.15, 0.2) is 0 Å². The van der Waals surface area contributed by atoms with Gasteiger partial charge in [0.1, 0.15) is 12.4 Å². The molecular weight excluding hydrogens is 470 g/mol. The zero-order valence-corrected chi connectivity index (χ0v) is 20.1. The molecular formula is C24H23Cl2FN2O2S. The van der Waals surface area contributed by atoms with E-state index in [1.807, 2.05) is 31.4 Å². The molecule has 0 fully saturated rings. The summed E-state index contributed by atoms with van der Waals surface area (Å²) in [6.45, 7) is 4.30. The lowest BCUT2D eigenvalue weighted by atomic mass is 10.1.